The number of rotatable bonds is 9. The highest BCUT2D eigenvalue weighted by Gasteiger charge is 2.94. The Bertz CT molecular complexity index is 810. The maximum atomic E-state index is 13.1. The van der Waals surface area contributed by atoms with E-state index in [2.05, 4.69) is 13.8 Å². The molecule has 0 aromatic rings. The van der Waals surface area contributed by atoms with E-state index in [0.717, 1.165) is 13.1 Å². The Balaban J connectivity index is -0.00000126. The summed E-state index contributed by atoms with van der Waals surface area (Å²) >= 11 is 0. The van der Waals surface area contributed by atoms with E-state index >= 15 is 0 Å². The van der Waals surface area contributed by atoms with Crippen LogP contribution in [0.5, 0.6) is 0 Å². The van der Waals surface area contributed by atoms with Crippen LogP contribution in [0.15, 0.2) is 11.9 Å². The number of alkyl halides is 15. The molecule has 224 valence electrons. The maximum Gasteiger partial charge on any atom is 0.460 e. The van der Waals surface area contributed by atoms with Crippen molar-refractivity contribution in [3.8, 4) is 0 Å². The van der Waals surface area contributed by atoms with Crippen LogP contribution in [-0.2, 0) is 4.79 Å². The number of halogens is 19. The number of allylic oxidation sites excluding steroid dienone is 1. The fourth-order valence-corrected chi connectivity index (χ4v) is 1.56. The van der Waals surface area contributed by atoms with Crippen molar-refractivity contribution in [3.63, 3.8) is 0 Å². The molecule has 37 heavy (non-hydrogen) atoms. The van der Waals surface area contributed by atoms with Gasteiger partial charge in [-0.15, -0.1) is 0 Å². The lowest BCUT2D eigenvalue weighted by atomic mass is 9.89. The van der Waals surface area contributed by atoms with Gasteiger partial charge in [-0.05, 0) is 13.8 Å². The number of hydrogen-bond acceptors (Lipinski definition) is 2. The normalized spacial score (nSPS) is 14.3. The first-order valence-corrected chi connectivity index (χ1v) is 8.61. The third-order valence-corrected chi connectivity index (χ3v) is 4.42. The van der Waals surface area contributed by atoms with Gasteiger partial charge in [0.1, 0.15) is 0 Å². The maximum absolute atomic E-state index is 13.1. The molecule has 0 saturated carbocycles. The van der Waals surface area contributed by atoms with Crippen molar-refractivity contribution in [2.45, 2.75) is 55.6 Å². The minimum atomic E-state index is -8.71. The van der Waals surface area contributed by atoms with E-state index < -0.39 is 59.4 Å². The largest absolute Gasteiger partial charge is 1.00 e. The molecule has 22 heteroatoms. The fourth-order valence-electron chi connectivity index (χ4n) is 1.56. The van der Waals surface area contributed by atoms with Gasteiger partial charge in [-0.25, -0.2) is 0 Å². The molecular weight excluding hydrogens is 693 g/mol. The monoisotopic (exact) mass is 708 g/mol. The van der Waals surface area contributed by atoms with E-state index in [1.807, 2.05) is 7.05 Å². The summed E-state index contributed by atoms with van der Waals surface area (Å²) < 4.78 is 226. The molecule has 0 aromatic carbocycles. The minimum Gasteiger partial charge on any atom is -1.00 e. The number of quaternary nitrogens is 1. The van der Waals surface area contributed by atoms with Gasteiger partial charge in [-0.1, -0.05) is 0 Å². The van der Waals surface area contributed by atoms with E-state index in [1.54, 1.807) is 0 Å². The molecule has 0 atom stereocenters. The molecule has 0 radical (unpaired) electrons. The molecule has 0 heterocycles. The first-order valence-electron chi connectivity index (χ1n) is 8.61. The van der Waals surface area contributed by atoms with Gasteiger partial charge in [0.05, 0.1) is 20.1 Å². The number of ketones is 1. The Morgan fingerprint density at radius 2 is 0.892 bits per heavy atom. The van der Waals surface area contributed by atoms with Gasteiger partial charge in [-0.3, -0.25) is 9.39 Å². The molecule has 0 aliphatic heterocycles. The van der Waals surface area contributed by atoms with Gasteiger partial charge in [0.15, 0.2) is 0 Å². The topological polar surface area (TPSA) is 43.1 Å². The summed E-state index contributed by atoms with van der Waals surface area (Å²) in [7, 11) is 2.01. The molecule has 0 aliphatic rings. The number of hydrogen-bond donors (Lipinski definition) is 1. The molecule has 0 rings (SSSR count). The Kier molecular flexibility index (Phi) is 13.0. The zero-order chi connectivity index (χ0) is 30.1. The van der Waals surface area contributed by atoms with Crippen molar-refractivity contribution in [2.75, 3.05) is 20.1 Å². The second-order valence-corrected chi connectivity index (χ2v) is 6.96. The lowest BCUT2D eigenvalue weighted by Crippen LogP contribution is -3.00. The van der Waals surface area contributed by atoms with Crippen molar-refractivity contribution in [1.29, 1.82) is 0 Å². The van der Waals surface area contributed by atoms with Crippen molar-refractivity contribution in [3.05, 3.63) is 11.9 Å². The van der Waals surface area contributed by atoms with E-state index in [4.69, 9.17) is 5.84 Å². The molecule has 0 aromatic heterocycles. The van der Waals surface area contributed by atoms with Crippen LogP contribution in [0.3, 0.4) is 0 Å². The summed E-state index contributed by atoms with van der Waals surface area (Å²) in [6.45, 7) is 6.19. The number of nitrogens with two attached hydrogens (primary N) is 1. The minimum absolute atomic E-state index is 0. The predicted molar refractivity (Wildman–Crippen MR) is 82.5 cm³/mol. The first-order chi connectivity index (χ1) is 15.4. The van der Waals surface area contributed by atoms with Crippen LogP contribution >= 0.6 is 0 Å². The lowest BCUT2D eigenvalue weighted by molar-refractivity contribution is -0.918. The molecule has 0 bridgehead atoms. The Labute approximate surface area is 212 Å². The number of carbonyl (C=O) groups excluding carboxylic acids is 1. The van der Waals surface area contributed by atoms with E-state index in [-0.39, 0.29) is 24.0 Å². The second kappa shape index (κ2) is 11.9. The van der Waals surface area contributed by atoms with Crippen molar-refractivity contribution < 1.29 is 112 Å². The summed E-state index contributed by atoms with van der Waals surface area (Å²) in [5.74, 6) is -53.6. The van der Waals surface area contributed by atoms with Crippen molar-refractivity contribution in [2.24, 2.45) is 5.84 Å². The van der Waals surface area contributed by atoms with E-state index in [9.17, 15) is 83.8 Å². The standard InChI is InChI=1S/C10F18O.C5H15N2.HI/c11-1(3(12)13)2(29)4(14,15)5(16,17)6(18,19)7(20,21)8(22,23)9(24,25)10(26,27)28;1-4-7(3,6)5-2;/h;4-6H2,1-3H3;1H/q;+1;/p-1. The highest BCUT2D eigenvalue weighted by Crippen LogP contribution is 2.62. The van der Waals surface area contributed by atoms with Crippen LogP contribution in [0, 0.1) is 0 Å². The zero-order valence-electron chi connectivity index (χ0n) is 18.0. The van der Waals surface area contributed by atoms with Gasteiger partial charge in [0.2, 0.25) is 5.83 Å². The highest BCUT2D eigenvalue weighted by molar-refractivity contribution is 5.99. The molecule has 0 fully saturated rings. The summed E-state index contributed by atoms with van der Waals surface area (Å²) in [6.07, 6.45) is -12.0. The van der Waals surface area contributed by atoms with Crippen LogP contribution < -0.4 is 29.8 Å². The SMILES string of the molecule is CC[N+](C)(N)CC.O=C(C(F)=C(F)F)C(F)(F)C(F)(F)C(F)(F)C(F)(F)C(F)(F)C(F)(F)C(F)(F)F.[I-]. The molecule has 3 nitrogen and oxygen atoms in total. The van der Waals surface area contributed by atoms with Gasteiger partial charge in [0.25, 0.3) is 5.78 Å². The fraction of sp³-hybridized carbons (Fsp3) is 0.800. The average Bonchev–Trinajstić information content (AvgIpc) is 2.71. The van der Waals surface area contributed by atoms with Crippen LogP contribution in [0.25, 0.3) is 0 Å². The van der Waals surface area contributed by atoms with Gasteiger partial charge < -0.3 is 24.0 Å². The number of carbonyl (C=O) groups is 1. The first kappa shape index (κ1) is 40.3. The van der Waals surface area contributed by atoms with Crippen LogP contribution in [0.1, 0.15) is 13.8 Å². The zero-order valence-corrected chi connectivity index (χ0v) is 20.2. The third kappa shape index (κ3) is 7.06. The number of Topliss-reactive ketones (excluding diaryl/α,β-unsaturated/α-hetero) is 1. The molecule has 0 spiro atoms. The molecule has 0 unspecified atom stereocenters. The molecule has 0 aliphatic carbocycles. The average molecular weight is 708 g/mol. The van der Waals surface area contributed by atoms with Crippen molar-refractivity contribution >= 4 is 5.78 Å². The highest BCUT2D eigenvalue weighted by atomic mass is 127. The third-order valence-electron chi connectivity index (χ3n) is 4.42. The summed E-state index contributed by atoms with van der Waals surface area (Å²) in [4.78, 5) is 10.4. The predicted octanol–water partition coefficient (Wildman–Crippen LogP) is 3.36. The Morgan fingerprint density at radius 1 is 0.622 bits per heavy atom. The lowest BCUT2D eigenvalue weighted by Gasteiger charge is -2.41. The second-order valence-electron chi connectivity index (χ2n) is 6.96. The van der Waals surface area contributed by atoms with Gasteiger partial charge in [0, 0.05) is 0 Å². The summed E-state index contributed by atoms with van der Waals surface area (Å²) in [6, 6.07) is 0. The van der Waals surface area contributed by atoms with Crippen LogP contribution in [0.4, 0.5) is 79.0 Å². The molecule has 0 saturated heterocycles. The smallest absolute Gasteiger partial charge is 0.460 e. The summed E-state index contributed by atoms with van der Waals surface area (Å²) in [5.41, 5.74) is 0. The Morgan fingerprint density at radius 3 is 1.11 bits per heavy atom. The molecule has 2 N–H and O–H groups in total. The summed E-state index contributed by atoms with van der Waals surface area (Å²) in [5, 5.41) is 0. The van der Waals surface area contributed by atoms with E-state index in [1.165, 1.54) is 0 Å². The van der Waals surface area contributed by atoms with Crippen molar-refractivity contribution in [1.82, 2.24) is 0 Å². The Hall–Kier alpha value is -1.20. The quantitative estimate of drug-likeness (QED) is 0.0999. The van der Waals surface area contributed by atoms with Gasteiger partial charge in [-0.2, -0.15) is 84.9 Å². The van der Waals surface area contributed by atoms with E-state index in [0.29, 0.717) is 4.59 Å². The molecular formula is C15H15F18IN2O. The van der Waals surface area contributed by atoms with Gasteiger partial charge >= 0.3 is 47.8 Å². The molecule has 0 amide bonds. The van der Waals surface area contributed by atoms with Crippen LogP contribution in [0.2, 0.25) is 0 Å². The van der Waals surface area contributed by atoms with Crippen LogP contribution in [-0.4, -0.2) is 72.2 Å². The number of nitrogens with zero attached hydrogens (tertiary/aromatic N) is 1.